The fraction of sp³-hybridized carbons (Fsp3) is 0.857. The van der Waals surface area contributed by atoms with E-state index >= 15 is 0 Å². The highest BCUT2D eigenvalue weighted by Gasteiger charge is 2.41. The first-order valence-corrected chi connectivity index (χ1v) is 6.75. The lowest BCUT2D eigenvalue weighted by Crippen LogP contribution is -2.38. The van der Waals surface area contributed by atoms with Gasteiger partial charge in [0, 0.05) is 18.5 Å². The quantitative estimate of drug-likeness (QED) is 0.569. The Morgan fingerprint density at radius 3 is 2.56 bits per heavy atom. The van der Waals surface area contributed by atoms with E-state index in [1.54, 1.807) is 0 Å². The molecule has 0 saturated carbocycles. The number of carbonyl (C=O) groups is 2. The number of Topliss-reactive ketones (excluding diaryl/α,β-unsaturated/α-hetero) is 1. The van der Waals surface area contributed by atoms with Crippen molar-refractivity contribution in [2.24, 2.45) is 17.8 Å². The number of methoxy groups -OCH3 is 1. The monoisotopic (exact) mass is 255 g/mol. The van der Waals surface area contributed by atoms with Gasteiger partial charge in [-0.3, -0.25) is 9.59 Å². The third-order valence-corrected chi connectivity index (χ3v) is 4.33. The van der Waals surface area contributed by atoms with E-state index in [9.17, 15) is 9.59 Å². The molecule has 104 valence electrons. The largest absolute Gasteiger partial charge is 0.468 e. The molecule has 4 atom stereocenters. The zero-order valence-electron chi connectivity index (χ0n) is 12.1. The Hall–Kier alpha value is -0.900. The average Bonchev–Trinajstić information content (AvgIpc) is 2.44. The minimum absolute atomic E-state index is 0.0384. The van der Waals surface area contributed by atoms with Gasteiger partial charge in [-0.15, -0.1) is 0 Å². The third-order valence-electron chi connectivity index (χ3n) is 4.33. The predicted molar refractivity (Wildman–Crippen MR) is 70.2 cm³/mol. The van der Waals surface area contributed by atoms with Crippen LogP contribution in [0.1, 0.15) is 33.6 Å². The molecule has 0 radical (unpaired) electrons. The Morgan fingerprint density at radius 1 is 1.44 bits per heavy atom. The smallest absolute Gasteiger partial charge is 0.317 e. The van der Waals surface area contributed by atoms with Crippen LogP contribution in [-0.2, 0) is 14.3 Å². The molecule has 18 heavy (non-hydrogen) atoms. The number of carbonyl (C=O) groups excluding carboxylic acids is 2. The van der Waals surface area contributed by atoms with Crippen molar-refractivity contribution in [3.8, 4) is 0 Å². The van der Waals surface area contributed by atoms with Crippen molar-refractivity contribution in [2.75, 3.05) is 20.7 Å². The van der Waals surface area contributed by atoms with Crippen molar-refractivity contribution in [3.05, 3.63) is 0 Å². The molecule has 0 aromatic carbocycles. The van der Waals surface area contributed by atoms with Crippen molar-refractivity contribution in [2.45, 2.75) is 39.7 Å². The van der Waals surface area contributed by atoms with Crippen LogP contribution in [0.3, 0.4) is 0 Å². The van der Waals surface area contributed by atoms with Crippen LogP contribution in [0.5, 0.6) is 0 Å². The summed E-state index contributed by atoms with van der Waals surface area (Å²) in [6.07, 6.45) is 2.08. The van der Waals surface area contributed by atoms with Gasteiger partial charge in [0.2, 0.25) is 0 Å². The summed E-state index contributed by atoms with van der Waals surface area (Å²) in [5, 5.41) is 0. The molecule has 0 aromatic rings. The highest BCUT2D eigenvalue weighted by atomic mass is 16.5. The predicted octanol–water partition coefficient (Wildman–Crippen LogP) is 1.73. The van der Waals surface area contributed by atoms with Crippen molar-refractivity contribution in [1.82, 2.24) is 4.90 Å². The lowest BCUT2D eigenvalue weighted by molar-refractivity contribution is -0.150. The van der Waals surface area contributed by atoms with Gasteiger partial charge < -0.3 is 9.64 Å². The zero-order chi connectivity index (χ0) is 13.9. The molecule has 3 unspecified atom stereocenters. The molecule has 1 heterocycles. The minimum atomic E-state index is -0.626. The molecule has 1 rings (SSSR count). The molecule has 1 fully saturated rings. The van der Waals surface area contributed by atoms with Gasteiger partial charge in [-0.2, -0.15) is 0 Å². The number of ether oxygens (including phenoxy) is 1. The van der Waals surface area contributed by atoms with Gasteiger partial charge in [0.15, 0.2) is 5.78 Å². The molecular weight excluding hydrogens is 230 g/mol. The highest BCUT2D eigenvalue weighted by molar-refractivity contribution is 6.00. The maximum absolute atomic E-state index is 12.4. The summed E-state index contributed by atoms with van der Waals surface area (Å²) < 4.78 is 4.76. The summed E-state index contributed by atoms with van der Waals surface area (Å²) in [5.74, 6) is -0.741. The van der Waals surface area contributed by atoms with E-state index in [2.05, 4.69) is 18.7 Å². The molecule has 4 nitrogen and oxygen atoms in total. The molecule has 0 bridgehead atoms. The second kappa shape index (κ2) is 6.32. The van der Waals surface area contributed by atoms with E-state index in [0.717, 1.165) is 12.8 Å². The average molecular weight is 255 g/mol. The molecule has 0 spiro atoms. The molecule has 4 heteroatoms. The topological polar surface area (TPSA) is 46.6 Å². The number of hydrogen-bond donors (Lipinski definition) is 0. The Morgan fingerprint density at radius 2 is 2.06 bits per heavy atom. The van der Waals surface area contributed by atoms with Crippen LogP contribution in [0, 0.1) is 17.8 Å². The summed E-state index contributed by atoms with van der Waals surface area (Å²) in [6.45, 7) is 6.70. The Labute approximate surface area is 110 Å². The second-order valence-corrected chi connectivity index (χ2v) is 5.40. The van der Waals surface area contributed by atoms with Crippen LogP contribution in [-0.4, -0.2) is 43.4 Å². The normalized spacial score (nSPS) is 34.2. The van der Waals surface area contributed by atoms with Gasteiger partial charge in [-0.1, -0.05) is 20.3 Å². The van der Waals surface area contributed by atoms with Crippen LogP contribution < -0.4 is 0 Å². The number of ketones is 1. The fourth-order valence-corrected chi connectivity index (χ4v) is 2.97. The van der Waals surface area contributed by atoms with E-state index in [4.69, 9.17) is 4.74 Å². The van der Waals surface area contributed by atoms with Crippen molar-refractivity contribution in [1.29, 1.82) is 0 Å². The van der Waals surface area contributed by atoms with Crippen molar-refractivity contribution >= 4 is 11.8 Å². The van der Waals surface area contributed by atoms with Gasteiger partial charge in [-0.05, 0) is 26.3 Å². The summed E-state index contributed by atoms with van der Waals surface area (Å²) in [7, 11) is 3.33. The van der Waals surface area contributed by atoms with Gasteiger partial charge in [0.1, 0.15) is 5.92 Å². The summed E-state index contributed by atoms with van der Waals surface area (Å²) in [6, 6.07) is 0.318. The fourth-order valence-electron chi connectivity index (χ4n) is 2.97. The Balaban J connectivity index is 2.99. The minimum Gasteiger partial charge on any atom is -0.468 e. The Kier molecular flexibility index (Phi) is 5.32. The number of rotatable bonds is 3. The SMILES string of the molecule is CCCC1C(C)C(=O)C(C(=O)OC)CN(C)[C@@H]1C. The van der Waals surface area contributed by atoms with Crippen molar-refractivity contribution < 1.29 is 14.3 Å². The van der Waals surface area contributed by atoms with E-state index in [-0.39, 0.29) is 11.7 Å². The second-order valence-electron chi connectivity index (χ2n) is 5.40. The molecule has 1 aliphatic heterocycles. The summed E-state index contributed by atoms with van der Waals surface area (Å²) in [4.78, 5) is 26.2. The number of esters is 1. The van der Waals surface area contributed by atoms with Gasteiger partial charge in [-0.25, -0.2) is 0 Å². The van der Waals surface area contributed by atoms with E-state index in [1.165, 1.54) is 7.11 Å². The standard InChI is InChI=1S/C14H25NO3/c1-6-7-11-9(2)13(16)12(14(17)18-5)8-15(4)10(11)3/h9-12H,6-8H2,1-5H3/t9?,10-,11?,12?/m1/s1. The number of likely N-dealkylation sites (tertiary alicyclic amines) is 1. The Bertz CT molecular complexity index is 316. The zero-order valence-corrected chi connectivity index (χ0v) is 12.1. The molecular formula is C14H25NO3. The lowest BCUT2D eigenvalue weighted by atomic mass is 9.80. The number of hydrogen-bond acceptors (Lipinski definition) is 4. The third kappa shape index (κ3) is 2.91. The summed E-state index contributed by atoms with van der Waals surface area (Å²) in [5.41, 5.74) is 0. The molecule has 1 aliphatic rings. The first-order chi connectivity index (χ1) is 8.43. The number of nitrogens with zero attached hydrogens (tertiary/aromatic N) is 1. The maximum atomic E-state index is 12.4. The van der Waals surface area contributed by atoms with Crippen molar-refractivity contribution in [3.63, 3.8) is 0 Å². The van der Waals surface area contributed by atoms with Gasteiger partial charge in [0.05, 0.1) is 7.11 Å². The van der Waals surface area contributed by atoms with E-state index in [0.29, 0.717) is 18.5 Å². The van der Waals surface area contributed by atoms with Crippen LogP contribution in [0.15, 0.2) is 0 Å². The molecule has 1 saturated heterocycles. The molecule has 0 aromatic heterocycles. The molecule has 0 aliphatic carbocycles. The first kappa shape index (κ1) is 15.2. The van der Waals surface area contributed by atoms with E-state index < -0.39 is 11.9 Å². The van der Waals surface area contributed by atoms with Crippen LogP contribution in [0.25, 0.3) is 0 Å². The molecule has 0 amide bonds. The van der Waals surface area contributed by atoms with Gasteiger partial charge >= 0.3 is 5.97 Å². The lowest BCUT2D eigenvalue weighted by Gasteiger charge is -2.31. The van der Waals surface area contributed by atoms with Crippen LogP contribution in [0.4, 0.5) is 0 Å². The molecule has 0 N–H and O–H groups in total. The maximum Gasteiger partial charge on any atom is 0.317 e. The van der Waals surface area contributed by atoms with Crippen LogP contribution >= 0.6 is 0 Å². The first-order valence-electron chi connectivity index (χ1n) is 6.75. The van der Waals surface area contributed by atoms with Gasteiger partial charge in [0.25, 0.3) is 0 Å². The van der Waals surface area contributed by atoms with E-state index in [1.807, 2.05) is 14.0 Å². The highest BCUT2D eigenvalue weighted by Crippen LogP contribution is 2.31. The van der Waals surface area contributed by atoms with Crippen LogP contribution in [0.2, 0.25) is 0 Å². The summed E-state index contributed by atoms with van der Waals surface area (Å²) >= 11 is 0.